The van der Waals surface area contributed by atoms with Crippen LogP contribution in [0.25, 0.3) is 0 Å². The van der Waals surface area contributed by atoms with Crippen molar-refractivity contribution in [3.05, 3.63) is 71.3 Å². The summed E-state index contributed by atoms with van der Waals surface area (Å²) in [5.41, 5.74) is 0.715. The number of esters is 1. The third-order valence-corrected chi connectivity index (χ3v) is 4.21. The maximum atomic E-state index is 14.0. The molecule has 2 amide bonds. The van der Waals surface area contributed by atoms with Gasteiger partial charge in [0.1, 0.15) is 23.7 Å². The van der Waals surface area contributed by atoms with E-state index < -0.39 is 41.5 Å². The van der Waals surface area contributed by atoms with E-state index in [4.69, 9.17) is 4.74 Å². The predicted molar refractivity (Wildman–Crippen MR) is 102 cm³/mol. The Bertz CT molecular complexity index is 888. The molecule has 0 saturated carbocycles. The van der Waals surface area contributed by atoms with Crippen LogP contribution in [-0.4, -0.2) is 37.0 Å². The highest BCUT2D eigenvalue weighted by Gasteiger charge is 2.28. The maximum Gasteiger partial charge on any atom is 0.328 e. The third kappa shape index (κ3) is 6.67. The molecule has 0 heterocycles. The summed E-state index contributed by atoms with van der Waals surface area (Å²) in [5.74, 6) is -2.89. The highest BCUT2D eigenvalue weighted by molar-refractivity contribution is 5.90. The van der Waals surface area contributed by atoms with Gasteiger partial charge in [0.25, 0.3) is 0 Å². The molecular formula is C21H22F2N2O4. The Balaban J connectivity index is 2.19. The van der Waals surface area contributed by atoms with Crippen molar-refractivity contribution in [3.8, 4) is 0 Å². The van der Waals surface area contributed by atoms with E-state index in [1.165, 1.54) is 43.3 Å². The summed E-state index contributed by atoms with van der Waals surface area (Å²) < 4.78 is 32.1. The molecule has 2 N–H and O–H groups in total. The van der Waals surface area contributed by atoms with Gasteiger partial charge in [-0.15, -0.1) is 0 Å². The minimum absolute atomic E-state index is 0.0107. The van der Waals surface area contributed by atoms with Crippen molar-refractivity contribution in [2.45, 2.75) is 31.8 Å². The van der Waals surface area contributed by atoms with Crippen LogP contribution in [0.5, 0.6) is 0 Å². The maximum absolute atomic E-state index is 14.0. The third-order valence-electron chi connectivity index (χ3n) is 4.21. The Morgan fingerprint density at radius 3 is 2.31 bits per heavy atom. The fourth-order valence-electron chi connectivity index (χ4n) is 2.85. The van der Waals surface area contributed by atoms with E-state index in [0.717, 1.165) is 7.11 Å². The van der Waals surface area contributed by atoms with Gasteiger partial charge in [0.05, 0.1) is 7.11 Å². The van der Waals surface area contributed by atoms with Crippen LogP contribution >= 0.6 is 0 Å². The number of carbonyl (C=O) groups is 3. The van der Waals surface area contributed by atoms with Gasteiger partial charge in [-0.2, -0.15) is 0 Å². The molecule has 0 bridgehead atoms. The monoisotopic (exact) mass is 404 g/mol. The highest BCUT2D eigenvalue weighted by Crippen LogP contribution is 2.11. The molecule has 0 spiro atoms. The summed E-state index contributed by atoms with van der Waals surface area (Å²) in [6, 6.07) is 9.26. The summed E-state index contributed by atoms with van der Waals surface area (Å²) in [4.78, 5) is 36.4. The highest BCUT2D eigenvalue weighted by atomic mass is 19.1. The van der Waals surface area contributed by atoms with Gasteiger partial charge in [-0.3, -0.25) is 9.59 Å². The van der Waals surface area contributed by atoms with E-state index in [1.807, 2.05) is 0 Å². The summed E-state index contributed by atoms with van der Waals surface area (Å²) in [5, 5.41) is 4.98. The molecule has 2 atom stereocenters. The number of hydrogen-bond acceptors (Lipinski definition) is 4. The lowest BCUT2D eigenvalue weighted by Crippen LogP contribution is -2.53. The van der Waals surface area contributed by atoms with Crippen molar-refractivity contribution >= 4 is 17.8 Å². The van der Waals surface area contributed by atoms with E-state index in [-0.39, 0.29) is 18.4 Å². The topological polar surface area (TPSA) is 84.5 Å². The Morgan fingerprint density at radius 2 is 1.69 bits per heavy atom. The molecular weight excluding hydrogens is 382 g/mol. The molecule has 2 aromatic carbocycles. The minimum Gasteiger partial charge on any atom is -0.467 e. The predicted octanol–water partition coefficient (Wildman–Crippen LogP) is 1.91. The van der Waals surface area contributed by atoms with Crippen molar-refractivity contribution in [3.63, 3.8) is 0 Å². The Morgan fingerprint density at radius 1 is 0.966 bits per heavy atom. The van der Waals surface area contributed by atoms with Crippen molar-refractivity contribution in [1.82, 2.24) is 10.6 Å². The summed E-state index contributed by atoms with van der Waals surface area (Å²) >= 11 is 0. The molecule has 0 saturated heterocycles. The molecule has 0 aliphatic heterocycles. The average Bonchev–Trinajstić information content (AvgIpc) is 2.67. The zero-order valence-electron chi connectivity index (χ0n) is 16.1. The first-order valence-electron chi connectivity index (χ1n) is 8.93. The summed E-state index contributed by atoms with van der Waals surface area (Å²) in [6.45, 7) is 1.24. The number of ether oxygens (including phenoxy) is 1. The van der Waals surface area contributed by atoms with E-state index in [1.54, 1.807) is 12.1 Å². The molecule has 0 aliphatic rings. The molecule has 6 nitrogen and oxygen atoms in total. The van der Waals surface area contributed by atoms with Crippen molar-refractivity contribution in [2.75, 3.05) is 7.11 Å². The van der Waals surface area contributed by atoms with Crippen LogP contribution in [0.3, 0.4) is 0 Å². The summed E-state index contributed by atoms with van der Waals surface area (Å²) in [6.07, 6.45) is -0.116. The molecule has 0 aliphatic carbocycles. The number of methoxy groups -OCH3 is 1. The molecule has 0 fully saturated rings. The van der Waals surface area contributed by atoms with E-state index >= 15 is 0 Å². The van der Waals surface area contributed by atoms with Crippen LogP contribution < -0.4 is 10.6 Å². The van der Waals surface area contributed by atoms with E-state index in [2.05, 4.69) is 10.6 Å². The number of carbonyl (C=O) groups excluding carboxylic acids is 3. The lowest BCUT2D eigenvalue weighted by atomic mass is 10.0. The standard InChI is InChI=1S/C21H22F2N2O4/c1-13(26)24-18(11-14-6-5-8-16(22)10-14)20(27)25-19(21(28)29-2)12-15-7-3-4-9-17(15)23/h3-10,18-19H,11-12H2,1-2H3,(H,24,26)(H,25,27)/t18-,19+/m0/s1. The number of benzene rings is 2. The molecule has 2 rings (SSSR count). The lowest BCUT2D eigenvalue weighted by Gasteiger charge is -2.22. The molecule has 0 radical (unpaired) electrons. The van der Waals surface area contributed by atoms with Gasteiger partial charge in [-0.1, -0.05) is 30.3 Å². The van der Waals surface area contributed by atoms with Gasteiger partial charge in [-0.05, 0) is 29.3 Å². The van der Waals surface area contributed by atoms with Gasteiger partial charge in [0.15, 0.2) is 0 Å². The Labute approximate surface area is 167 Å². The van der Waals surface area contributed by atoms with Crippen LogP contribution in [0.2, 0.25) is 0 Å². The molecule has 29 heavy (non-hydrogen) atoms. The zero-order valence-corrected chi connectivity index (χ0v) is 16.1. The van der Waals surface area contributed by atoms with Crippen molar-refractivity contribution in [1.29, 1.82) is 0 Å². The van der Waals surface area contributed by atoms with E-state index in [0.29, 0.717) is 5.56 Å². The first kappa shape index (κ1) is 22.0. The SMILES string of the molecule is COC(=O)[C@@H](Cc1ccccc1F)NC(=O)[C@H](Cc1cccc(F)c1)NC(C)=O. The molecule has 2 aromatic rings. The second-order valence-corrected chi connectivity index (χ2v) is 6.47. The zero-order chi connectivity index (χ0) is 21.4. The van der Waals surface area contributed by atoms with Crippen LogP contribution in [0.1, 0.15) is 18.1 Å². The fourth-order valence-corrected chi connectivity index (χ4v) is 2.85. The first-order valence-corrected chi connectivity index (χ1v) is 8.93. The van der Waals surface area contributed by atoms with Gasteiger partial charge in [-0.25, -0.2) is 13.6 Å². The van der Waals surface area contributed by atoms with Crippen molar-refractivity contribution < 1.29 is 27.9 Å². The normalized spacial score (nSPS) is 12.6. The van der Waals surface area contributed by atoms with Gasteiger partial charge >= 0.3 is 5.97 Å². The molecule has 154 valence electrons. The minimum atomic E-state index is -1.16. The number of rotatable bonds is 8. The van der Waals surface area contributed by atoms with Crippen LogP contribution in [0, 0.1) is 11.6 Å². The van der Waals surface area contributed by atoms with Crippen LogP contribution in [-0.2, 0) is 32.0 Å². The Kier molecular flexibility index (Phi) is 7.82. The number of nitrogens with one attached hydrogen (secondary N) is 2. The lowest BCUT2D eigenvalue weighted by molar-refractivity contribution is -0.145. The largest absolute Gasteiger partial charge is 0.467 e. The second kappa shape index (κ2) is 10.3. The average molecular weight is 404 g/mol. The van der Waals surface area contributed by atoms with Crippen LogP contribution in [0.15, 0.2) is 48.5 Å². The molecule has 0 unspecified atom stereocenters. The smallest absolute Gasteiger partial charge is 0.328 e. The quantitative estimate of drug-likeness (QED) is 0.659. The number of hydrogen-bond donors (Lipinski definition) is 2. The van der Waals surface area contributed by atoms with Gasteiger partial charge < -0.3 is 15.4 Å². The van der Waals surface area contributed by atoms with Crippen LogP contribution in [0.4, 0.5) is 8.78 Å². The van der Waals surface area contributed by atoms with Gasteiger partial charge in [0, 0.05) is 19.8 Å². The molecule has 0 aromatic heterocycles. The number of halogens is 2. The van der Waals surface area contributed by atoms with Crippen molar-refractivity contribution in [2.24, 2.45) is 0 Å². The fraction of sp³-hybridized carbons (Fsp3) is 0.286. The van der Waals surface area contributed by atoms with Gasteiger partial charge in [0.2, 0.25) is 11.8 Å². The Hall–Kier alpha value is -3.29. The second-order valence-electron chi connectivity index (χ2n) is 6.47. The summed E-state index contributed by atoms with van der Waals surface area (Å²) in [7, 11) is 1.15. The molecule has 8 heteroatoms. The first-order chi connectivity index (χ1) is 13.8. The number of amides is 2. The van der Waals surface area contributed by atoms with E-state index in [9.17, 15) is 23.2 Å².